The molecule has 1 amide bonds. The monoisotopic (exact) mass is 322 g/mol. The van der Waals surface area contributed by atoms with Crippen molar-refractivity contribution in [2.24, 2.45) is 0 Å². The minimum absolute atomic E-state index is 0.00448. The minimum atomic E-state index is -0.312. The summed E-state index contributed by atoms with van der Waals surface area (Å²) in [5.41, 5.74) is 3.16. The zero-order chi connectivity index (χ0) is 16.8. The summed E-state index contributed by atoms with van der Waals surface area (Å²) in [5.74, 6) is -0.308. The van der Waals surface area contributed by atoms with E-state index in [2.05, 4.69) is 10.3 Å². The third-order valence-electron chi connectivity index (χ3n) is 4.17. The van der Waals surface area contributed by atoms with Gasteiger partial charge in [0, 0.05) is 31.0 Å². The van der Waals surface area contributed by atoms with E-state index in [1.807, 2.05) is 13.8 Å². The molecular weight excluding hydrogens is 296 g/mol. The molecule has 1 fully saturated rings. The molecule has 1 aliphatic heterocycles. The molecule has 1 aromatic rings. The van der Waals surface area contributed by atoms with E-state index in [9.17, 15) is 9.59 Å². The predicted molar refractivity (Wildman–Crippen MR) is 86.5 cm³/mol. The smallest absolute Gasteiger partial charge is 0.340 e. The number of aryl methyl sites for hydroxylation is 2. The van der Waals surface area contributed by atoms with Crippen LogP contribution in [-0.2, 0) is 20.7 Å². The topological polar surface area (TPSA) is 80.4 Å². The number of esters is 1. The molecule has 0 radical (unpaired) electrons. The van der Waals surface area contributed by atoms with Gasteiger partial charge in [-0.3, -0.25) is 4.79 Å². The van der Waals surface area contributed by atoms with E-state index < -0.39 is 0 Å². The van der Waals surface area contributed by atoms with Gasteiger partial charge < -0.3 is 19.8 Å². The molecule has 0 aliphatic carbocycles. The van der Waals surface area contributed by atoms with Crippen molar-refractivity contribution in [1.82, 2.24) is 10.3 Å². The summed E-state index contributed by atoms with van der Waals surface area (Å²) in [6.45, 7) is 7.24. The molecule has 0 bridgehead atoms. The molecule has 1 atom stereocenters. The van der Waals surface area contributed by atoms with Crippen molar-refractivity contribution < 1.29 is 19.1 Å². The fourth-order valence-electron chi connectivity index (χ4n) is 2.93. The van der Waals surface area contributed by atoms with Crippen LogP contribution in [0, 0.1) is 13.8 Å². The Morgan fingerprint density at radius 1 is 1.39 bits per heavy atom. The van der Waals surface area contributed by atoms with Gasteiger partial charge in [0.15, 0.2) is 0 Å². The molecule has 1 unspecified atom stereocenters. The average molecular weight is 322 g/mol. The number of rotatable bonds is 7. The fraction of sp³-hybridized carbons (Fsp3) is 0.647. The molecule has 1 saturated heterocycles. The zero-order valence-corrected chi connectivity index (χ0v) is 14.2. The highest BCUT2D eigenvalue weighted by Gasteiger charge is 2.20. The molecule has 128 valence electrons. The first-order valence-electron chi connectivity index (χ1n) is 8.26. The van der Waals surface area contributed by atoms with Gasteiger partial charge in [-0.1, -0.05) is 0 Å². The number of H-pyrrole nitrogens is 1. The normalized spacial score (nSPS) is 17.3. The van der Waals surface area contributed by atoms with E-state index in [0.717, 1.165) is 36.4 Å². The number of amides is 1. The van der Waals surface area contributed by atoms with Crippen LogP contribution < -0.4 is 5.32 Å². The first-order valence-corrected chi connectivity index (χ1v) is 8.26. The van der Waals surface area contributed by atoms with Gasteiger partial charge in [-0.2, -0.15) is 0 Å². The second-order valence-corrected chi connectivity index (χ2v) is 5.89. The molecule has 0 saturated carbocycles. The van der Waals surface area contributed by atoms with Gasteiger partial charge in [-0.25, -0.2) is 4.79 Å². The minimum Gasteiger partial charge on any atom is -0.462 e. The third kappa shape index (κ3) is 4.58. The van der Waals surface area contributed by atoms with E-state index >= 15 is 0 Å². The Labute approximate surface area is 136 Å². The highest BCUT2D eigenvalue weighted by atomic mass is 16.5. The van der Waals surface area contributed by atoms with Gasteiger partial charge in [0.2, 0.25) is 5.91 Å². The van der Waals surface area contributed by atoms with Gasteiger partial charge in [0.05, 0.1) is 18.3 Å². The number of nitrogens with one attached hydrogen (secondary N) is 2. The number of aromatic nitrogens is 1. The maximum absolute atomic E-state index is 12.0. The van der Waals surface area contributed by atoms with Gasteiger partial charge in [0.25, 0.3) is 0 Å². The van der Waals surface area contributed by atoms with Crippen LogP contribution in [0.5, 0.6) is 0 Å². The summed E-state index contributed by atoms with van der Waals surface area (Å²) in [6, 6.07) is 0. The second-order valence-electron chi connectivity index (χ2n) is 5.89. The van der Waals surface area contributed by atoms with Crippen LogP contribution in [0.15, 0.2) is 0 Å². The van der Waals surface area contributed by atoms with E-state index in [-0.39, 0.29) is 18.0 Å². The molecule has 6 heteroatoms. The van der Waals surface area contributed by atoms with Crippen LogP contribution in [0.2, 0.25) is 0 Å². The van der Waals surface area contributed by atoms with E-state index in [0.29, 0.717) is 31.6 Å². The highest BCUT2D eigenvalue weighted by Crippen LogP contribution is 2.20. The molecule has 6 nitrogen and oxygen atoms in total. The first-order chi connectivity index (χ1) is 11.0. The Morgan fingerprint density at radius 3 is 2.83 bits per heavy atom. The Balaban J connectivity index is 1.86. The van der Waals surface area contributed by atoms with Crippen LogP contribution in [-0.4, -0.2) is 42.7 Å². The maximum atomic E-state index is 12.0. The summed E-state index contributed by atoms with van der Waals surface area (Å²) in [4.78, 5) is 27.1. The van der Waals surface area contributed by atoms with Crippen LogP contribution >= 0.6 is 0 Å². The summed E-state index contributed by atoms with van der Waals surface area (Å²) in [6.07, 6.45) is 3.19. The van der Waals surface area contributed by atoms with Gasteiger partial charge in [0.1, 0.15) is 0 Å². The molecule has 23 heavy (non-hydrogen) atoms. The Bertz CT molecular complexity index is 559. The summed E-state index contributed by atoms with van der Waals surface area (Å²) < 4.78 is 10.6. The lowest BCUT2D eigenvalue weighted by Crippen LogP contribution is -2.31. The molecule has 2 heterocycles. The number of carbonyl (C=O) groups is 2. The summed E-state index contributed by atoms with van der Waals surface area (Å²) in [7, 11) is 0. The molecule has 2 rings (SSSR count). The largest absolute Gasteiger partial charge is 0.462 e. The van der Waals surface area contributed by atoms with Crippen molar-refractivity contribution in [3.63, 3.8) is 0 Å². The third-order valence-corrected chi connectivity index (χ3v) is 4.17. The van der Waals surface area contributed by atoms with Gasteiger partial charge in [-0.15, -0.1) is 0 Å². The lowest BCUT2D eigenvalue weighted by molar-refractivity contribution is -0.121. The van der Waals surface area contributed by atoms with Gasteiger partial charge in [-0.05, 0) is 45.6 Å². The Morgan fingerprint density at radius 2 is 2.17 bits per heavy atom. The van der Waals surface area contributed by atoms with Crippen molar-refractivity contribution in [2.45, 2.75) is 52.6 Å². The summed E-state index contributed by atoms with van der Waals surface area (Å²) >= 11 is 0. The predicted octanol–water partition coefficient (Wildman–Crippen LogP) is 2.04. The number of ether oxygens (including phenoxy) is 2. The van der Waals surface area contributed by atoms with Crippen LogP contribution in [0.1, 0.15) is 53.5 Å². The lowest BCUT2D eigenvalue weighted by Gasteiger charge is -2.10. The van der Waals surface area contributed by atoms with Crippen LogP contribution in [0.25, 0.3) is 0 Å². The molecule has 1 aromatic heterocycles. The number of carbonyl (C=O) groups excluding carboxylic acids is 2. The number of hydrogen-bond donors (Lipinski definition) is 2. The van der Waals surface area contributed by atoms with Crippen LogP contribution in [0.4, 0.5) is 0 Å². The average Bonchev–Trinajstić information content (AvgIpc) is 3.11. The molecular formula is C17H26N2O4. The maximum Gasteiger partial charge on any atom is 0.340 e. The zero-order valence-electron chi connectivity index (χ0n) is 14.2. The van der Waals surface area contributed by atoms with Crippen molar-refractivity contribution in [3.8, 4) is 0 Å². The standard InChI is InChI=1S/C17H26N2O4/c1-4-22-17(21)16-11(2)14(19-12(16)3)7-8-15(20)18-10-13-6-5-9-23-13/h13,19H,4-10H2,1-3H3,(H,18,20). The molecule has 2 N–H and O–H groups in total. The highest BCUT2D eigenvalue weighted by molar-refractivity contribution is 5.92. The Hall–Kier alpha value is -1.82. The van der Waals surface area contributed by atoms with E-state index in [1.54, 1.807) is 6.92 Å². The van der Waals surface area contributed by atoms with Crippen molar-refractivity contribution >= 4 is 11.9 Å². The fourth-order valence-corrected chi connectivity index (χ4v) is 2.93. The number of aromatic amines is 1. The second kappa shape index (κ2) is 8.15. The van der Waals surface area contributed by atoms with Crippen LogP contribution in [0.3, 0.4) is 0 Å². The SMILES string of the molecule is CCOC(=O)c1c(C)[nH]c(CCC(=O)NCC2CCCO2)c1C. The number of hydrogen-bond acceptors (Lipinski definition) is 4. The molecule has 0 spiro atoms. The van der Waals surface area contributed by atoms with Gasteiger partial charge >= 0.3 is 5.97 Å². The van der Waals surface area contributed by atoms with Crippen molar-refractivity contribution in [3.05, 3.63) is 22.5 Å². The first kappa shape index (κ1) is 17.5. The Kier molecular flexibility index (Phi) is 6.21. The van der Waals surface area contributed by atoms with E-state index in [4.69, 9.17) is 9.47 Å². The lowest BCUT2D eigenvalue weighted by atomic mass is 10.1. The summed E-state index contributed by atoms with van der Waals surface area (Å²) in [5, 5.41) is 2.91. The van der Waals surface area contributed by atoms with E-state index in [1.165, 1.54) is 0 Å². The quantitative estimate of drug-likeness (QED) is 0.753. The molecule has 1 aliphatic rings. The van der Waals surface area contributed by atoms with Crippen molar-refractivity contribution in [1.29, 1.82) is 0 Å². The molecule has 0 aromatic carbocycles. The van der Waals surface area contributed by atoms with Crippen molar-refractivity contribution in [2.75, 3.05) is 19.8 Å².